The van der Waals surface area contributed by atoms with E-state index in [1.54, 1.807) is 0 Å². The third-order valence-electron chi connectivity index (χ3n) is 2.06. The van der Waals surface area contributed by atoms with Crippen LogP contribution in [0.2, 0.25) is 0 Å². The summed E-state index contributed by atoms with van der Waals surface area (Å²) >= 11 is 0. The van der Waals surface area contributed by atoms with Gasteiger partial charge in [0.1, 0.15) is 0 Å². The van der Waals surface area contributed by atoms with Gasteiger partial charge >= 0.3 is 5.97 Å². The summed E-state index contributed by atoms with van der Waals surface area (Å²) in [6, 6.07) is 7.04. The fraction of sp³-hybridized carbons (Fsp3) is 0.250. The summed E-state index contributed by atoms with van der Waals surface area (Å²) in [5, 5.41) is 8.54. The van der Waals surface area contributed by atoms with Gasteiger partial charge in [0.15, 0.2) is 0 Å². The van der Waals surface area contributed by atoms with Crippen LogP contribution in [0.3, 0.4) is 0 Å². The van der Waals surface area contributed by atoms with Crippen LogP contribution in [0.25, 0.3) is 0 Å². The summed E-state index contributed by atoms with van der Waals surface area (Å²) in [7, 11) is 0. The topological polar surface area (TPSA) is 63.3 Å². The maximum Gasteiger partial charge on any atom is 0.304 e. The first-order chi connectivity index (χ1) is 7.11. The summed E-state index contributed by atoms with van der Waals surface area (Å²) in [6.07, 6.45) is 5.75. The van der Waals surface area contributed by atoms with Crippen molar-refractivity contribution in [3.05, 3.63) is 35.4 Å². The highest BCUT2D eigenvalue weighted by atomic mass is 16.4. The molecule has 0 heterocycles. The molecular formula is C12H13NO2. The molecule has 0 bridgehead atoms. The fourth-order valence-corrected chi connectivity index (χ4v) is 1.34. The van der Waals surface area contributed by atoms with Crippen LogP contribution in [0, 0.1) is 12.3 Å². The Hall–Kier alpha value is -1.79. The SMILES string of the molecule is C#Cc1ccc(C[C@@H](N)CC(=O)O)cc1. The van der Waals surface area contributed by atoms with Crippen molar-refractivity contribution in [1.29, 1.82) is 0 Å². The molecule has 0 saturated carbocycles. The van der Waals surface area contributed by atoms with E-state index >= 15 is 0 Å². The van der Waals surface area contributed by atoms with E-state index in [0.717, 1.165) is 11.1 Å². The molecule has 1 aromatic rings. The Balaban J connectivity index is 2.58. The number of rotatable bonds is 4. The molecule has 0 aliphatic heterocycles. The second kappa shape index (κ2) is 5.18. The Morgan fingerprint density at radius 1 is 1.47 bits per heavy atom. The minimum atomic E-state index is -0.872. The molecule has 0 spiro atoms. The summed E-state index contributed by atoms with van der Waals surface area (Å²) in [5.41, 5.74) is 7.47. The minimum absolute atomic E-state index is 0.0170. The van der Waals surface area contributed by atoms with Crippen molar-refractivity contribution in [1.82, 2.24) is 0 Å². The van der Waals surface area contributed by atoms with Crippen molar-refractivity contribution < 1.29 is 9.90 Å². The number of terminal acetylenes is 1. The van der Waals surface area contributed by atoms with Gasteiger partial charge in [0.2, 0.25) is 0 Å². The first-order valence-electron chi connectivity index (χ1n) is 4.64. The van der Waals surface area contributed by atoms with Gasteiger partial charge in [0.05, 0.1) is 6.42 Å². The number of nitrogens with two attached hydrogens (primary N) is 1. The smallest absolute Gasteiger partial charge is 0.304 e. The number of benzene rings is 1. The van der Waals surface area contributed by atoms with E-state index < -0.39 is 5.97 Å². The van der Waals surface area contributed by atoms with Gasteiger partial charge in [-0.3, -0.25) is 4.79 Å². The van der Waals surface area contributed by atoms with Crippen molar-refractivity contribution in [2.75, 3.05) is 0 Å². The van der Waals surface area contributed by atoms with Crippen LogP contribution in [0.4, 0.5) is 0 Å². The maximum atomic E-state index is 10.4. The fourth-order valence-electron chi connectivity index (χ4n) is 1.34. The lowest BCUT2D eigenvalue weighted by Crippen LogP contribution is -2.26. The summed E-state index contributed by atoms with van der Waals surface area (Å²) in [5.74, 6) is 1.64. The van der Waals surface area contributed by atoms with Crippen LogP contribution < -0.4 is 5.73 Å². The lowest BCUT2D eigenvalue weighted by atomic mass is 10.0. The predicted octanol–water partition coefficient (Wildman–Crippen LogP) is 1.01. The molecule has 3 heteroatoms. The van der Waals surface area contributed by atoms with Crippen molar-refractivity contribution in [3.8, 4) is 12.3 Å². The molecule has 0 amide bonds. The largest absolute Gasteiger partial charge is 0.481 e. The van der Waals surface area contributed by atoms with Gasteiger partial charge in [0.25, 0.3) is 0 Å². The number of hydrogen-bond donors (Lipinski definition) is 2. The Morgan fingerprint density at radius 2 is 2.07 bits per heavy atom. The molecule has 78 valence electrons. The molecule has 1 aromatic carbocycles. The minimum Gasteiger partial charge on any atom is -0.481 e. The molecule has 1 atom stereocenters. The van der Waals surface area contributed by atoms with E-state index in [-0.39, 0.29) is 12.5 Å². The number of carboxylic acid groups (broad SMARTS) is 1. The van der Waals surface area contributed by atoms with E-state index in [1.165, 1.54) is 0 Å². The van der Waals surface area contributed by atoms with Crippen LogP contribution >= 0.6 is 0 Å². The second-order valence-corrected chi connectivity index (χ2v) is 3.40. The lowest BCUT2D eigenvalue weighted by Gasteiger charge is -2.08. The van der Waals surface area contributed by atoms with Gasteiger partial charge in [0, 0.05) is 11.6 Å². The standard InChI is InChI=1S/C12H13NO2/c1-2-9-3-5-10(6-4-9)7-11(13)8-12(14)15/h1,3-6,11H,7-8,13H2,(H,14,15)/t11-/m1/s1. The first-order valence-corrected chi connectivity index (χ1v) is 4.64. The third-order valence-corrected chi connectivity index (χ3v) is 2.06. The average molecular weight is 203 g/mol. The number of carboxylic acids is 1. The van der Waals surface area contributed by atoms with Crippen molar-refractivity contribution >= 4 is 5.97 Å². The van der Waals surface area contributed by atoms with Gasteiger partial charge in [-0.25, -0.2) is 0 Å². The lowest BCUT2D eigenvalue weighted by molar-refractivity contribution is -0.137. The molecule has 3 N–H and O–H groups in total. The Bertz CT molecular complexity index is 376. The first kappa shape index (κ1) is 11.3. The molecule has 0 aliphatic rings. The van der Waals surface area contributed by atoms with E-state index in [4.69, 9.17) is 17.3 Å². The quantitative estimate of drug-likeness (QED) is 0.718. The summed E-state index contributed by atoms with van der Waals surface area (Å²) in [6.45, 7) is 0. The van der Waals surface area contributed by atoms with E-state index in [1.807, 2.05) is 24.3 Å². The normalized spacial score (nSPS) is 11.7. The highest BCUT2D eigenvalue weighted by molar-refractivity contribution is 5.67. The summed E-state index contributed by atoms with van der Waals surface area (Å²) < 4.78 is 0. The zero-order valence-corrected chi connectivity index (χ0v) is 8.31. The number of carbonyl (C=O) groups is 1. The monoisotopic (exact) mass is 203 g/mol. The van der Waals surface area contributed by atoms with E-state index in [2.05, 4.69) is 5.92 Å². The zero-order chi connectivity index (χ0) is 11.3. The molecule has 0 fully saturated rings. The zero-order valence-electron chi connectivity index (χ0n) is 8.31. The third kappa shape index (κ3) is 3.84. The molecule has 0 unspecified atom stereocenters. The molecule has 1 rings (SSSR count). The maximum absolute atomic E-state index is 10.4. The molecule has 0 radical (unpaired) electrons. The Morgan fingerprint density at radius 3 is 2.53 bits per heavy atom. The average Bonchev–Trinajstić information content (AvgIpc) is 2.17. The highest BCUT2D eigenvalue weighted by Gasteiger charge is 2.08. The predicted molar refractivity (Wildman–Crippen MR) is 58.3 cm³/mol. The number of aliphatic carboxylic acids is 1. The van der Waals surface area contributed by atoms with Crippen LogP contribution in [-0.2, 0) is 11.2 Å². The summed E-state index contributed by atoms with van der Waals surface area (Å²) in [4.78, 5) is 10.4. The van der Waals surface area contributed by atoms with Gasteiger partial charge in [-0.1, -0.05) is 18.1 Å². The van der Waals surface area contributed by atoms with Gasteiger partial charge < -0.3 is 10.8 Å². The van der Waals surface area contributed by atoms with Crippen molar-refractivity contribution in [3.63, 3.8) is 0 Å². The molecular weight excluding hydrogens is 190 g/mol. The molecule has 3 nitrogen and oxygen atoms in total. The van der Waals surface area contributed by atoms with E-state index in [0.29, 0.717) is 6.42 Å². The van der Waals surface area contributed by atoms with Crippen LogP contribution in [0.1, 0.15) is 17.5 Å². The van der Waals surface area contributed by atoms with Crippen LogP contribution in [0.15, 0.2) is 24.3 Å². The van der Waals surface area contributed by atoms with E-state index in [9.17, 15) is 4.79 Å². The van der Waals surface area contributed by atoms with Gasteiger partial charge in [-0.15, -0.1) is 6.42 Å². The molecule has 15 heavy (non-hydrogen) atoms. The van der Waals surface area contributed by atoms with Crippen LogP contribution in [-0.4, -0.2) is 17.1 Å². The van der Waals surface area contributed by atoms with Gasteiger partial charge in [-0.05, 0) is 24.1 Å². The Kier molecular flexibility index (Phi) is 3.90. The highest BCUT2D eigenvalue weighted by Crippen LogP contribution is 2.06. The second-order valence-electron chi connectivity index (χ2n) is 3.40. The van der Waals surface area contributed by atoms with Crippen molar-refractivity contribution in [2.45, 2.75) is 18.9 Å². The van der Waals surface area contributed by atoms with Crippen molar-refractivity contribution in [2.24, 2.45) is 5.73 Å². The molecule has 0 aromatic heterocycles. The Labute approximate surface area is 88.9 Å². The molecule has 0 aliphatic carbocycles. The van der Waals surface area contributed by atoms with Gasteiger partial charge in [-0.2, -0.15) is 0 Å². The van der Waals surface area contributed by atoms with Crippen LogP contribution in [0.5, 0.6) is 0 Å². The molecule has 0 saturated heterocycles. The number of hydrogen-bond acceptors (Lipinski definition) is 2.